The Kier molecular flexibility index (Phi) is 5.06. The maximum Gasteiger partial charge on any atom is 0.247 e. The normalized spacial score (nSPS) is 16.2. The average Bonchev–Trinajstić information content (AvgIpc) is 2.56. The highest BCUT2D eigenvalue weighted by atomic mass is 35.5. The van der Waals surface area contributed by atoms with E-state index in [9.17, 15) is 26.4 Å². The number of hydrogen-bond acceptors (Lipinski definition) is 4. The molecular weight excluding hydrogens is 407 g/mol. The lowest BCUT2D eigenvalue weighted by molar-refractivity contribution is -0.116. The van der Waals surface area contributed by atoms with Crippen molar-refractivity contribution in [2.45, 2.75) is 11.4 Å². The van der Waals surface area contributed by atoms with Crippen LogP contribution in [0.3, 0.4) is 0 Å². The van der Waals surface area contributed by atoms with Crippen molar-refractivity contribution in [3.05, 3.63) is 58.4 Å². The standard InChI is InChI=1S/C16H13ClF3N3O3S/c17-10-1-2-14-15(4-10)27(25,26)23(8-22(14)7-16(21)24)6-9-3-12(19)13(20)5-11(9)18/h1-5H,6-8H2,(H2,21,24). The van der Waals surface area contributed by atoms with E-state index in [4.69, 9.17) is 17.3 Å². The number of halogens is 4. The Hall–Kier alpha value is -2.30. The summed E-state index contributed by atoms with van der Waals surface area (Å²) in [6.07, 6.45) is 0. The zero-order valence-corrected chi connectivity index (χ0v) is 15.2. The molecule has 1 heterocycles. The average molecular weight is 420 g/mol. The molecule has 1 aliphatic rings. The topological polar surface area (TPSA) is 83.7 Å². The van der Waals surface area contributed by atoms with Crippen LogP contribution in [0.2, 0.25) is 5.02 Å². The molecule has 0 atom stereocenters. The third-order valence-electron chi connectivity index (χ3n) is 3.99. The number of sulfonamides is 1. The van der Waals surface area contributed by atoms with Crippen molar-refractivity contribution in [2.75, 3.05) is 18.1 Å². The summed E-state index contributed by atoms with van der Waals surface area (Å²) in [5.41, 5.74) is 5.06. The molecule has 0 saturated carbocycles. The van der Waals surface area contributed by atoms with Crippen LogP contribution < -0.4 is 10.6 Å². The second kappa shape index (κ2) is 7.02. The van der Waals surface area contributed by atoms with Gasteiger partial charge in [0.1, 0.15) is 10.7 Å². The molecule has 144 valence electrons. The van der Waals surface area contributed by atoms with Crippen LogP contribution in [0.25, 0.3) is 0 Å². The van der Waals surface area contributed by atoms with Crippen LogP contribution in [0, 0.1) is 17.5 Å². The summed E-state index contributed by atoms with van der Waals surface area (Å²) >= 11 is 5.88. The smallest absolute Gasteiger partial charge is 0.247 e. The number of rotatable bonds is 4. The number of carbonyl (C=O) groups excluding carboxylic acids is 1. The lowest BCUT2D eigenvalue weighted by Gasteiger charge is -2.37. The molecule has 0 fully saturated rings. The third kappa shape index (κ3) is 3.73. The van der Waals surface area contributed by atoms with E-state index in [1.807, 2.05) is 0 Å². The van der Waals surface area contributed by atoms with Gasteiger partial charge in [-0.3, -0.25) is 4.79 Å². The minimum absolute atomic E-state index is 0.136. The van der Waals surface area contributed by atoms with E-state index in [1.165, 1.54) is 23.1 Å². The Labute approximate surface area is 158 Å². The lowest BCUT2D eigenvalue weighted by atomic mass is 10.2. The Morgan fingerprint density at radius 1 is 1.11 bits per heavy atom. The van der Waals surface area contributed by atoms with Crippen molar-refractivity contribution in [1.29, 1.82) is 0 Å². The summed E-state index contributed by atoms with van der Waals surface area (Å²) in [6.45, 7) is -1.22. The maximum absolute atomic E-state index is 14.0. The summed E-state index contributed by atoms with van der Waals surface area (Å²) in [5, 5.41) is 0.136. The predicted octanol–water partition coefficient (Wildman–Crippen LogP) is 2.21. The van der Waals surface area contributed by atoms with Crippen molar-refractivity contribution < 1.29 is 26.4 Å². The summed E-state index contributed by atoms with van der Waals surface area (Å²) in [4.78, 5) is 12.5. The molecule has 1 amide bonds. The van der Waals surface area contributed by atoms with E-state index < -0.39 is 39.9 Å². The highest BCUT2D eigenvalue weighted by Gasteiger charge is 2.36. The van der Waals surface area contributed by atoms with Crippen molar-refractivity contribution in [3.63, 3.8) is 0 Å². The molecule has 2 aromatic rings. The zero-order chi connectivity index (χ0) is 19.9. The van der Waals surface area contributed by atoms with E-state index >= 15 is 0 Å². The lowest BCUT2D eigenvalue weighted by Crippen LogP contribution is -2.48. The highest BCUT2D eigenvalue weighted by Crippen LogP contribution is 2.36. The van der Waals surface area contributed by atoms with Crippen LogP contribution in [0.15, 0.2) is 35.2 Å². The predicted molar refractivity (Wildman–Crippen MR) is 91.9 cm³/mol. The van der Waals surface area contributed by atoms with E-state index in [-0.39, 0.29) is 34.4 Å². The van der Waals surface area contributed by atoms with E-state index in [1.54, 1.807) is 0 Å². The van der Waals surface area contributed by atoms with Crippen LogP contribution in [0.1, 0.15) is 5.56 Å². The fourth-order valence-electron chi connectivity index (χ4n) is 2.77. The fourth-order valence-corrected chi connectivity index (χ4v) is 4.62. The van der Waals surface area contributed by atoms with Crippen LogP contribution in [-0.2, 0) is 21.4 Å². The first-order valence-corrected chi connectivity index (χ1v) is 9.38. The Balaban J connectivity index is 2.06. The molecule has 1 aliphatic heterocycles. The van der Waals surface area contributed by atoms with Gasteiger partial charge in [0.25, 0.3) is 0 Å². The molecule has 0 bridgehead atoms. The summed E-state index contributed by atoms with van der Waals surface area (Å²) in [7, 11) is -4.14. The first-order valence-electron chi connectivity index (χ1n) is 7.56. The molecule has 6 nitrogen and oxygen atoms in total. The van der Waals surface area contributed by atoms with Crippen molar-refractivity contribution in [1.82, 2.24) is 4.31 Å². The number of amides is 1. The number of anilines is 1. The van der Waals surface area contributed by atoms with Gasteiger partial charge in [-0.1, -0.05) is 11.6 Å². The molecule has 0 unspecified atom stereocenters. The number of carbonyl (C=O) groups is 1. The van der Waals surface area contributed by atoms with Gasteiger partial charge in [-0.25, -0.2) is 21.6 Å². The molecule has 27 heavy (non-hydrogen) atoms. The second-order valence-electron chi connectivity index (χ2n) is 5.89. The minimum Gasteiger partial charge on any atom is -0.368 e. The largest absolute Gasteiger partial charge is 0.368 e. The van der Waals surface area contributed by atoms with Crippen molar-refractivity contribution in [3.8, 4) is 0 Å². The molecule has 0 spiro atoms. The first-order chi connectivity index (χ1) is 12.6. The van der Waals surface area contributed by atoms with Gasteiger partial charge in [0.05, 0.1) is 18.9 Å². The van der Waals surface area contributed by atoms with Gasteiger partial charge in [0.15, 0.2) is 11.6 Å². The van der Waals surface area contributed by atoms with Gasteiger partial charge >= 0.3 is 0 Å². The van der Waals surface area contributed by atoms with Gasteiger partial charge < -0.3 is 10.6 Å². The number of primary amides is 1. The summed E-state index contributed by atoms with van der Waals surface area (Å²) in [5.74, 6) is -4.50. The maximum atomic E-state index is 14.0. The van der Waals surface area contributed by atoms with E-state index in [2.05, 4.69) is 0 Å². The Morgan fingerprint density at radius 3 is 2.44 bits per heavy atom. The summed E-state index contributed by atoms with van der Waals surface area (Å²) in [6, 6.07) is 5.00. The molecule has 2 N–H and O–H groups in total. The first kappa shape index (κ1) is 19.5. The van der Waals surface area contributed by atoms with Crippen LogP contribution in [-0.4, -0.2) is 31.8 Å². The third-order valence-corrected chi connectivity index (χ3v) is 6.03. The highest BCUT2D eigenvalue weighted by molar-refractivity contribution is 7.89. The molecule has 0 saturated heterocycles. The molecule has 0 aliphatic carbocycles. The SMILES string of the molecule is NC(=O)CN1CN(Cc2cc(F)c(F)cc2F)S(=O)(=O)c2cc(Cl)ccc21. The molecule has 11 heteroatoms. The zero-order valence-electron chi connectivity index (χ0n) is 13.6. The second-order valence-corrected chi connectivity index (χ2v) is 8.23. The quantitative estimate of drug-likeness (QED) is 0.770. The van der Waals surface area contributed by atoms with Gasteiger partial charge in [0.2, 0.25) is 15.9 Å². The van der Waals surface area contributed by atoms with E-state index in [0.29, 0.717) is 12.1 Å². The van der Waals surface area contributed by atoms with E-state index in [0.717, 1.165) is 4.31 Å². The van der Waals surface area contributed by atoms with Gasteiger partial charge in [-0.2, -0.15) is 4.31 Å². The van der Waals surface area contributed by atoms with Crippen molar-refractivity contribution >= 4 is 33.2 Å². The molecule has 0 radical (unpaired) electrons. The number of hydrogen-bond donors (Lipinski definition) is 1. The molecule has 2 aromatic carbocycles. The van der Waals surface area contributed by atoms with Gasteiger partial charge in [-0.15, -0.1) is 0 Å². The van der Waals surface area contributed by atoms with Gasteiger partial charge in [0, 0.05) is 23.2 Å². The van der Waals surface area contributed by atoms with Crippen LogP contribution in [0.4, 0.5) is 18.9 Å². The monoisotopic (exact) mass is 419 g/mol. The molecule has 3 rings (SSSR count). The number of benzene rings is 2. The summed E-state index contributed by atoms with van der Waals surface area (Å²) < 4.78 is 67.1. The minimum atomic E-state index is -4.14. The van der Waals surface area contributed by atoms with Crippen LogP contribution >= 0.6 is 11.6 Å². The number of nitrogens with zero attached hydrogens (tertiary/aromatic N) is 2. The Bertz CT molecular complexity index is 1030. The molecular formula is C16H13ClF3N3O3S. The number of fused-ring (bicyclic) bond motifs is 1. The van der Waals surface area contributed by atoms with Crippen molar-refractivity contribution in [2.24, 2.45) is 5.73 Å². The Morgan fingerprint density at radius 2 is 1.78 bits per heavy atom. The van der Waals surface area contributed by atoms with Crippen LogP contribution in [0.5, 0.6) is 0 Å². The fraction of sp³-hybridized carbons (Fsp3) is 0.188. The molecule has 0 aromatic heterocycles. The van der Waals surface area contributed by atoms with Gasteiger partial charge in [-0.05, 0) is 24.3 Å². The number of nitrogens with two attached hydrogens (primary N) is 1.